The number of aryl methyl sites for hydroxylation is 2. The number of fused-ring (bicyclic) bond motifs is 1. The lowest BCUT2D eigenvalue weighted by Gasteiger charge is -2.27. The predicted octanol–water partition coefficient (Wildman–Crippen LogP) is 5.28. The Hall–Kier alpha value is -3.91. The maximum absolute atomic E-state index is 13.2. The van der Waals surface area contributed by atoms with Gasteiger partial charge in [-0.2, -0.15) is 0 Å². The van der Waals surface area contributed by atoms with Crippen molar-refractivity contribution in [1.82, 2.24) is 19.0 Å². The summed E-state index contributed by atoms with van der Waals surface area (Å²) in [5.74, 6) is 0.493. The second kappa shape index (κ2) is 10.1. The Kier molecular flexibility index (Phi) is 6.80. The van der Waals surface area contributed by atoms with Crippen molar-refractivity contribution in [2.24, 2.45) is 0 Å². The van der Waals surface area contributed by atoms with E-state index in [4.69, 9.17) is 9.51 Å². The van der Waals surface area contributed by atoms with Crippen LogP contribution in [0.1, 0.15) is 48.6 Å². The number of ether oxygens (including phenoxy) is 1. The van der Waals surface area contributed by atoms with Crippen LogP contribution in [0, 0.1) is 13.8 Å². The van der Waals surface area contributed by atoms with Gasteiger partial charge in [0.25, 0.3) is 0 Å². The summed E-state index contributed by atoms with van der Waals surface area (Å²) >= 11 is 0. The van der Waals surface area contributed by atoms with Crippen LogP contribution in [0.15, 0.2) is 47.0 Å². The van der Waals surface area contributed by atoms with Gasteiger partial charge in [-0.15, -0.1) is 13.2 Å². The summed E-state index contributed by atoms with van der Waals surface area (Å²) < 4.78 is 76.4. The summed E-state index contributed by atoms with van der Waals surface area (Å²) in [7, 11) is -3.43. The zero-order valence-corrected chi connectivity index (χ0v) is 23.9. The molecule has 2 aromatic heterocycles. The molecule has 0 spiro atoms. The standard InChI is InChI=1S/C28H28F3N5O5S/c1-16-26(17(2)41-33-16)18-7-8-23-22(13-18)32-27(36(23)20-11-12-34(15-20)42(3,38)39)24-9-10-25(37)35(24)19-5-4-6-21(14-19)40-28(29,30)31/h4-8,13-14,20,24H,9-12,15H2,1-3H3. The lowest BCUT2D eigenvalue weighted by Crippen LogP contribution is -2.31. The number of halogens is 3. The van der Waals surface area contributed by atoms with Crippen molar-refractivity contribution >= 4 is 32.7 Å². The molecular weight excluding hydrogens is 575 g/mol. The van der Waals surface area contributed by atoms with Gasteiger partial charge in [0.05, 0.1) is 35.1 Å². The molecule has 2 saturated heterocycles. The third-order valence-corrected chi connectivity index (χ3v) is 9.11. The van der Waals surface area contributed by atoms with E-state index in [1.165, 1.54) is 33.7 Å². The number of imidazole rings is 1. The van der Waals surface area contributed by atoms with Crippen LogP contribution in [0.3, 0.4) is 0 Å². The molecule has 42 heavy (non-hydrogen) atoms. The van der Waals surface area contributed by atoms with Crippen molar-refractivity contribution < 1.29 is 35.6 Å². The van der Waals surface area contributed by atoms with Crippen molar-refractivity contribution in [3.05, 3.63) is 59.7 Å². The molecular formula is C28H28F3N5O5S. The number of amides is 1. The van der Waals surface area contributed by atoms with Crippen LogP contribution in [0.4, 0.5) is 18.9 Å². The van der Waals surface area contributed by atoms with Gasteiger partial charge in [0, 0.05) is 36.8 Å². The molecule has 2 atom stereocenters. The van der Waals surface area contributed by atoms with Crippen LogP contribution in [0.2, 0.25) is 0 Å². The van der Waals surface area contributed by atoms with Crippen LogP contribution in [-0.2, 0) is 14.8 Å². The molecule has 1 amide bonds. The number of hydrogen-bond acceptors (Lipinski definition) is 7. The van der Waals surface area contributed by atoms with Crippen molar-refractivity contribution in [3.63, 3.8) is 0 Å². The molecule has 14 heteroatoms. The third kappa shape index (κ3) is 5.13. The number of carbonyl (C=O) groups excluding carboxylic acids is 1. The van der Waals surface area contributed by atoms with E-state index in [1.54, 1.807) is 6.07 Å². The normalized spacial score (nSPS) is 20.2. The van der Waals surface area contributed by atoms with Crippen molar-refractivity contribution in [2.75, 3.05) is 24.2 Å². The number of rotatable bonds is 6. The average Bonchev–Trinajstić information content (AvgIpc) is 3.67. The largest absolute Gasteiger partial charge is 0.573 e. The maximum Gasteiger partial charge on any atom is 0.573 e. The van der Waals surface area contributed by atoms with E-state index in [9.17, 15) is 26.4 Å². The highest BCUT2D eigenvalue weighted by atomic mass is 32.2. The minimum Gasteiger partial charge on any atom is -0.406 e. The Morgan fingerprint density at radius 1 is 1.10 bits per heavy atom. The van der Waals surface area contributed by atoms with E-state index in [-0.39, 0.29) is 30.6 Å². The quantitative estimate of drug-likeness (QED) is 0.295. The molecule has 4 aromatic rings. The number of nitrogens with zero attached hydrogens (tertiary/aromatic N) is 5. The van der Waals surface area contributed by atoms with E-state index < -0.39 is 28.2 Å². The molecule has 2 aliphatic rings. The molecule has 0 aliphatic carbocycles. The highest BCUT2D eigenvalue weighted by Gasteiger charge is 2.40. The molecule has 0 N–H and O–H groups in total. The van der Waals surface area contributed by atoms with Gasteiger partial charge in [0.15, 0.2) is 0 Å². The predicted molar refractivity (Wildman–Crippen MR) is 147 cm³/mol. The molecule has 0 saturated carbocycles. The summed E-state index contributed by atoms with van der Waals surface area (Å²) in [5, 5.41) is 4.05. The van der Waals surface area contributed by atoms with Gasteiger partial charge in [0.2, 0.25) is 15.9 Å². The summed E-state index contributed by atoms with van der Waals surface area (Å²) in [5.41, 5.74) is 4.05. The van der Waals surface area contributed by atoms with Gasteiger partial charge >= 0.3 is 6.36 Å². The average molecular weight is 604 g/mol. The molecule has 6 rings (SSSR count). The van der Waals surface area contributed by atoms with Gasteiger partial charge in [-0.05, 0) is 56.5 Å². The monoisotopic (exact) mass is 603 g/mol. The SMILES string of the molecule is Cc1noc(C)c1-c1ccc2c(c1)nc(C1CCC(=O)N1c1cccc(OC(F)(F)F)c1)n2C1CCN(S(C)(=O)=O)C1. The molecule has 2 unspecified atom stereocenters. The molecule has 2 aromatic carbocycles. The lowest BCUT2D eigenvalue weighted by atomic mass is 10.0. The molecule has 222 valence electrons. The van der Waals surface area contributed by atoms with Crippen LogP contribution in [-0.4, -0.2) is 59.0 Å². The first kappa shape index (κ1) is 28.2. The number of carbonyl (C=O) groups is 1. The number of hydrogen-bond donors (Lipinski definition) is 0. The van der Waals surface area contributed by atoms with E-state index in [1.807, 2.05) is 36.6 Å². The fraction of sp³-hybridized carbons (Fsp3) is 0.393. The fourth-order valence-corrected chi connectivity index (χ4v) is 6.97. The highest BCUT2D eigenvalue weighted by Crippen LogP contribution is 2.42. The Morgan fingerprint density at radius 3 is 2.55 bits per heavy atom. The summed E-state index contributed by atoms with van der Waals surface area (Å²) in [6.45, 7) is 4.24. The van der Waals surface area contributed by atoms with E-state index in [2.05, 4.69) is 9.89 Å². The number of sulfonamides is 1. The molecule has 0 bridgehead atoms. The second-order valence-electron chi connectivity index (χ2n) is 10.7. The zero-order valence-electron chi connectivity index (χ0n) is 23.1. The number of alkyl halides is 3. The summed E-state index contributed by atoms with van der Waals surface area (Å²) in [6, 6.07) is 10.2. The maximum atomic E-state index is 13.2. The third-order valence-electron chi connectivity index (χ3n) is 7.84. The second-order valence-corrected chi connectivity index (χ2v) is 12.7. The summed E-state index contributed by atoms with van der Waals surface area (Å²) in [6.07, 6.45) is -2.62. The smallest absolute Gasteiger partial charge is 0.406 e. The Labute approximate surface area is 239 Å². The van der Waals surface area contributed by atoms with Crippen molar-refractivity contribution in [2.45, 2.75) is 51.6 Å². The molecule has 10 nitrogen and oxygen atoms in total. The lowest BCUT2D eigenvalue weighted by molar-refractivity contribution is -0.274. The van der Waals surface area contributed by atoms with E-state index >= 15 is 0 Å². The molecule has 2 aliphatic heterocycles. The molecule has 2 fully saturated rings. The topological polar surface area (TPSA) is 111 Å². The molecule has 4 heterocycles. The minimum atomic E-state index is -4.88. The summed E-state index contributed by atoms with van der Waals surface area (Å²) in [4.78, 5) is 19.6. The Bertz CT molecular complexity index is 1780. The van der Waals surface area contributed by atoms with Gasteiger partial charge in [-0.1, -0.05) is 17.3 Å². The number of benzene rings is 2. The Morgan fingerprint density at radius 2 is 1.88 bits per heavy atom. The number of aromatic nitrogens is 3. The van der Waals surface area contributed by atoms with Gasteiger partial charge in [-0.25, -0.2) is 17.7 Å². The molecule has 0 radical (unpaired) electrons. The van der Waals surface area contributed by atoms with Crippen LogP contribution in [0.25, 0.3) is 22.2 Å². The van der Waals surface area contributed by atoms with Crippen LogP contribution >= 0.6 is 0 Å². The zero-order chi connectivity index (χ0) is 30.0. The van der Waals surface area contributed by atoms with Crippen molar-refractivity contribution in [1.29, 1.82) is 0 Å². The first-order chi connectivity index (χ1) is 19.8. The van der Waals surface area contributed by atoms with Crippen LogP contribution < -0.4 is 9.64 Å². The van der Waals surface area contributed by atoms with Gasteiger partial charge in [0.1, 0.15) is 17.3 Å². The van der Waals surface area contributed by atoms with Crippen LogP contribution in [0.5, 0.6) is 5.75 Å². The van der Waals surface area contributed by atoms with Gasteiger partial charge < -0.3 is 18.7 Å². The minimum absolute atomic E-state index is 0.169. The first-order valence-electron chi connectivity index (χ1n) is 13.4. The van der Waals surface area contributed by atoms with E-state index in [0.717, 1.165) is 22.3 Å². The van der Waals surface area contributed by atoms with Crippen molar-refractivity contribution in [3.8, 4) is 16.9 Å². The van der Waals surface area contributed by atoms with Gasteiger partial charge in [-0.3, -0.25) is 4.79 Å². The highest BCUT2D eigenvalue weighted by molar-refractivity contribution is 7.88. The first-order valence-corrected chi connectivity index (χ1v) is 15.2. The number of anilines is 1. The Balaban J connectivity index is 1.48. The van der Waals surface area contributed by atoms with E-state index in [0.29, 0.717) is 36.5 Å². The fourth-order valence-electron chi connectivity index (χ4n) is 6.09.